The Bertz CT molecular complexity index is 701. The number of halogens is 1. The quantitative estimate of drug-likeness (QED) is 0.874. The first-order valence-electron chi connectivity index (χ1n) is 7.34. The van der Waals surface area contributed by atoms with Crippen molar-refractivity contribution in [2.45, 2.75) is 26.3 Å². The van der Waals surface area contributed by atoms with Gasteiger partial charge in [-0.1, -0.05) is 48.0 Å². The van der Waals surface area contributed by atoms with Crippen LogP contribution in [0.3, 0.4) is 0 Å². The Kier molecular flexibility index (Phi) is 5.77. The van der Waals surface area contributed by atoms with Crippen LogP contribution < -0.4 is 10.6 Å². The minimum absolute atomic E-state index is 0.133. The minimum Gasteiger partial charge on any atom is -0.349 e. The lowest BCUT2D eigenvalue weighted by molar-refractivity contribution is -0.120. The molecule has 0 saturated heterocycles. The molecule has 23 heavy (non-hydrogen) atoms. The highest BCUT2D eigenvalue weighted by Crippen LogP contribution is 2.24. The first-order valence-corrected chi connectivity index (χ1v) is 7.71. The molecule has 0 bridgehead atoms. The van der Waals surface area contributed by atoms with Crippen LogP contribution in [0.15, 0.2) is 48.5 Å². The van der Waals surface area contributed by atoms with E-state index >= 15 is 0 Å². The first-order chi connectivity index (χ1) is 11.0. The van der Waals surface area contributed by atoms with Crippen molar-refractivity contribution in [2.24, 2.45) is 0 Å². The van der Waals surface area contributed by atoms with Crippen LogP contribution >= 0.6 is 11.6 Å². The average molecular weight is 331 g/mol. The fourth-order valence-electron chi connectivity index (χ4n) is 2.29. The number of nitrogens with one attached hydrogen (secondary N) is 2. The van der Waals surface area contributed by atoms with Gasteiger partial charge >= 0.3 is 0 Å². The Balaban J connectivity index is 2.09. The van der Waals surface area contributed by atoms with Crippen LogP contribution in [-0.4, -0.2) is 11.8 Å². The number of amides is 2. The lowest BCUT2D eigenvalue weighted by Crippen LogP contribution is -2.29. The highest BCUT2D eigenvalue weighted by Gasteiger charge is 2.17. The normalized spacial score (nSPS) is 11.6. The SMILES string of the molecule is CC(=O)NC(CC(=O)Nc1ccc(C)cc1Cl)c1ccccc1. The standard InChI is InChI=1S/C18H19ClN2O2/c1-12-8-9-16(15(19)10-12)21-18(23)11-17(20-13(2)22)14-6-4-3-5-7-14/h3-10,17H,11H2,1-2H3,(H,20,22)(H,21,23). The van der Waals surface area contributed by atoms with E-state index in [0.29, 0.717) is 10.7 Å². The number of hydrogen-bond acceptors (Lipinski definition) is 2. The Hall–Kier alpha value is -2.33. The molecule has 1 unspecified atom stereocenters. The maximum atomic E-state index is 12.3. The molecular weight excluding hydrogens is 312 g/mol. The summed E-state index contributed by atoms with van der Waals surface area (Å²) in [5.41, 5.74) is 2.47. The van der Waals surface area contributed by atoms with E-state index in [2.05, 4.69) is 10.6 Å². The molecule has 0 aliphatic rings. The number of aryl methyl sites for hydroxylation is 1. The van der Waals surface area contributed by atoms with Gasteiger partial charge in [-0.05, 0) is 30.2 Å². The van der Waals surface area contributed by atoms with Crippen LogP contribution in [0.1, 0.15) is 30.5 Å². The molecule has 0 fully saturated rings. The summed E-state index contributed by atoms with van der Waals surface area (Å²) in [6, 6.07) is 14.5. The molecule has 0 saturated carbocycles. The second-order valence-electron chi connectivity index (χ2n) is 5.40. The summed E-state index contributed by atoms with van der Waals surface area (Å²) >= 11 is 6.13. The zero-order valence-corrected chi connectivity index (χ0v) is 13.9. The van der Waals surface area contributed by atoms with Crippen LogP contribution in [0.5, 0.6) is 0 Å². The third-order valence-electron chi connectivity index (χ3n) is 3.37. The smallest absolute Gasteiger partial charge is 0.226 e. The van der Waals surface area contributed by atoms with Crippen molar-refractivity contribution < 1.29 is 9.59 Å². The fraction of sp³-hybridized carbons (Fsp3) is 0.222. The van der Waals surface area contributed by atoms with E-state index in [9.17, 15) is 9.59 Å². The molecule has 2 amide bonds. The summed E-state index contributed by atoms with van der Waals surface area (Å²) in [5, 5.41) is 6.09. The number of anilines is 1. The van der Waals surface area contributed by atoms with Crippen molar-refractivity contribution in [1.29, 1.82) is 0 Å². The fourth-order valence-corrected chi connectivity index (χ4v) is 2.57. The number of carbonyl (C=O) groups excluding carboxylic acids is 2. The Labute approximate surface area is 140 Å². The van der Waals surface area contributed by atoms with E-state index in [0.717, 1.165) is 11.1 Å². The zero-order valence-electron chi connectivity index (χ0n) is 13.1. The van der Waals surface area contributed by atoms with Crippen molar-refractivity contribution in [3.05, 3.63) is 64.7 Å². The molecule has 0 radical (unpaired) electrons. The summed E-state index contributed by atoms with van der Waals surface area (Å²) in [5.74, 6) is -0.390. The van der Waals surface area contributed by atoms with Gasteiger partial charge in [-0.25, -0.2) is 0 Å². The summed E-state index contributed by atoms with van der Waals surface area (Å²) in [6.45, 7) is 3.37. The van der Waals surface area contributed by atoms with Crippen LogP contribution in [0.25, 0.3) is 0 Å². The molecule has 120 valence electrons. The molecule has 0 heterocycles. The van der Waals surface area contributed by atoms with Crippen molar-refractivity contribution in [1.82, 2.24) is 5.32 Å². The summed E-state index contributed by atoms with van der Waals surface area (Å²) in [7, 11) is 0. The van der Waals surface area contributed by atoms with Gasteiger partial charge in [-0.2, -0.15) is 0 Å². The zero-order chi connectivity index (χ0) is 16.8. The minimum atomic E-state index is -0.377. The van der Waals surface area contributed by atoms with Gasteiger partial charge in [0, 0.05) is 6.92 Å². The van der Waals surface area contributed by atoms with E-state index in [1.165, 1.54) is 6.92 Å². The Morgan fingerprint density at radius 2 is 1.83 bits per heavy atom. The third kappa shape index (κ3) is 5.11. The lowest BCUT2D eigenvalue weighted by Gasteiger charge is -2.18. The summed E-state index contributed by atoms with van der Waals surface area (Å²) in [4.78, 5) is 23.7. The van der Waals surface area contributed by atoms with E-state index in [4.69, 9.17) is 11.6 Å². The van der Waals surface area contributed by atoms with E-state index in [1.807, 2.05) is 43.3 Å². The van der Waals surface area contributed by atoms with Crippen molar-refractivity contribution in [3.8, 4) is 0 Å². The largest absolute Gasteiger partial charge is 0.349 e. The van der Waals surface area contributed by atoms with E-state index in [1.54, 1.807) is 12.1 Å². The Morgan fingerprint density at radius 1 is 1.13 bits per heavy atom. The van der Waals surface area contributed by atoms with Gasteiger partial charge in [-0.15, -0.1) is 0 Å². The number of hydrogen-bond donors (Lipinski definition) is 2. The van der Waals surface area contributed by atoms with Gasteiger partial charge < -0.3 is 10.6 Å². The second-order valence-corrected chi connectivity index (χ2v) is 5.81. The first kappa shape index (κ1) is 17.0. The monoisotopic (exact) mass is 330 g/mol. The molecular formula is C18H19ClN2O2. The summed E-state index contributed by atoms with van der Waals surface area (Å²) in [6.07, 6.45) is 0.133. The maximum Gasteiger partial charge on any atom is 0.226 e. The molecule has 0 spiro atoms. The van der Waals surface area contributed by atoms with Crippen LogP contribution in [-0.2, 0) is 9.59 Å². The van der Waals surface area contributed by atoms with Gasteiger partial charge in [0.1, 0.15) is 0 Å². The van der Waals surface area contributed by atoms with Crippen LogP contribution in [0.2, 0.25) is 5.02 Å². The van der Waals surface area contributed by atoms with Crippen LogP contribution in [0.4, 0.5) is 5.69 Å². The average Bonchev–Trinajstić information content (AvgIpc) is 2.50. The van der Waals surface area contributed by atoms with E-state index in [-0.39, 0.29) is 24.3 Å². The summed E-state index contributed by atoms with van der Waals surface area (Å²) < 4.78 is 0. The molecule has 5 heteroatoms. The molecule has 4 nitrogen and oxygen atoms in total. The lowest BCUT2D eigenvalue weighted by atomic mass is 10.0. The van der Waals surface area contributed by atoms with Crippen LogP contribution in [0, 0.1) is 6.92 Å². The highest BCUT2D eigenvalue weighted by molar-refractivity contribution is 6.33. The molecule has 2 aromatic rings. The molecule has 0 aliphatic carbocycles. The van der Waals surface area contributed by atoms with E-state index < -0.39 is 0 Å². The van der Waals surface area contributed by atoms with Crippen molar-refractivity contribution >= 4 is 29.1 Å². The predicted molar refractivity (Wildman–Crippen MR) is 92.4 cm³/mol. The third-order valence-corrected chi connectivity index (χ3v) is 3.68. The van der Waals surface area contributed by atoms with Gasteiger partial charge in [-0.3, -0.25) is 9.59 Å². The molecule has 2 N–H and O–H groups in total. The molecule has 2 rings (SSSR count). The van der Waals surface area contributed by atoms with Crippen molar-refractivity contribution in [3.63, 3.8) is 0 Å². The van der Waals surface area contributed by atoms with Gasteiger partial charge in [0.25, 0.3) is 0 Å². The number of rotatable bonds is 5. The van der Waals surface area contributed by atoms with Gasteiger partial charge in [0.2, 0.25) is 11.8 Å². The van der Waals surface area contributed by atoms with Gasteiger partial charge in [0.15, 0.2) is 0 Å². The maximum absolute atomic E-state index is 12.3. The predicted octanol–water partition coefficient (Wildman–Crippen LogP) is 3.85. The molecule has 0 aliphatic heterocycles. The number of carbonyl (C=O) groups is 2. The molecule has 2 aromatic carbocycles. The highest BCUT2D eigenvalue weighted by atomic mass is 35.5. The second kappa shape index (κ2) is 7.79. The number of benzene rings is 2. The Morgan fingerprint density at radius 3 is 2.43 bits per heavy atom. The molecule has 1 atom stereocenters. The molecule has 0 aromatic heterocycles. The van der Waals surface area contributed by atoms with Crippen molar-refractivity contribution in [2.75, 3.05) is 5.32 Å². The topological polar surface area (TPSA) is 58.2 Å². The van der Waals surface area contributed by atoms with Gasteiger partial charge in [0.05, 0.1) is 23.2 Å².